The molecule has 8 heteroatoms. The van der Waals surface area contributed by atoms with Crippen LogP contribution < -0.4 is 4.72 Å². The van der Waals surface area contributed by atoms with Crippen molar-refractivity contribution in [3.63, 3.8) is 0 Å². The van der Waals surface area contributed by atoms with Gasteiger partial charge in [0.2, 0.25) is 0 Å². The van der Waals surface area contributed by atoms with E-state index in [0.29, 0.717) is 16.6 Å². The Morgan fingerprint density at radius 2 is 2.19 bits per heavy atom. The van der Waals surface area contributed by atoms with E-state index in [1.165, 1.54) is 23.5 Å². The van der Waals surface area contributed by atoms with Gasteiger partial charge in [0.25, 0.3) is 10.0 Å². The van der Waals surface area contributed by atoms with Crippen LogP contribution in [0.3, 0.4) is 0 Å². The highest BCUT2D eigenvalue weighted by molar-refractivity contribution is 7.93. The van der Waals surface area contributed by atoms with Gasteiger partial charge in [0, 0.05) is 11.3 Å². The molecule has 1 aromatic carbocycles. The standard InChI is InChI=1S/C13H13ClN2O3S2/c14-10-4-1-8(6-17)5-12(10)21(18,19)16-13-15-11(7-20-13)9-2-3-9/h1,4-5,7,9,17H,2-3,6H2,(H,15,16). The third-order valence-corrected chi connectivity index (χ3v) is 5.93. The van der Waals surface area contributed by atoms with E-state index >= 15 is 0 Å². The Bertz CT molecular complexity index is 769. The molecular weight excluding hydrogens is 332 g/mol. The van der Waals surface area contributed by atoms with Crippen LogP contribution in [0, 0.1) is 0 Å². The minimum Gasteiger partial charge on any atom is -0.392 e. The van der Waals surface area contributed by atoms with Crippen molar-refractivity contribution in [2.75, 3.05) is 4.72 Å². The highest BCUT2D eigenvalue weighted by Gasteiger charge is 2.27. The first-order chi connectivity index (χ1) is 9.99. The maximum Gasteiger partial charge on any atom is 0.265 e. The lowest BCUT2D eigenvalue weighted by atomic mass is 10.2. The summed E-state index contributed by atoms with van der Waals surface area (Å²) < 4.78 is 27.2. The molecule has 112 valence electrons. The third kappa shape index (κ3) is 3.21. The Kier molecular flexibility index (Phi) is 3.92. The maximum absolute atomic E-state index is 12.4. The van der Waals surface area contributed by atoms with Crippen LogP contribution in [0.4, 0.5) is 5.13 Å². The summed E-state index contributed by atoms with van der Waals surface area (Å²) in [5.74, 6) is 0.473. The van der Waals surface area contributed by atoms with Crippen LogP contribution in [0.1, 0.15) is 30.0 Å². The van der Waals surface area contributed by atoms with Crippen molar-refractivity contribution in [2.24, 2.45) is 0 Å². The van der Waals surface area contributed by atoms with Gasteiger partial charge in [-0.25, -0.2) is 13.4 Å². The van der Waals surface area contributed by atoms with E-state index in [1.54, 1.807) is 6.07 Å². The monoisotopic (exact) mass is 344 g/mol. The number of aromatic nitrogens is 1. The first-order valence-electron chi connectivity index (χ1n) is 6.37. The molecule has 0 amide bonds. The number of hydrogen-bond acceptors (Lipinski definition) is 5. The number of benzene rings is 1. The second-order valence-electron chi connectivity index (χ2n) is 4.88. The Hall–Kier alpha value is -1.15. The number of sulfonamides is 1. The quantitative estimate of drug-likeness (QED) is 0.874. The molecule has 1 aliphatic rings. The molecule has 1 fully saturated rings. The maximum atomic E-state index is 12.4. The molecule has 5 nitrogen and oxygen atoms in total. The predicted octanol–water partition coefficient (Wildman–Crippen LogP) is 2.97. The van der Waals surface area contributed by atoms with Crippen molar-refractivity contribution in [3.05, 3.63) is 39.9 Å². The number of thiazole rings is 1. The number of aliphatic hydroxyl groups excluding tert-OH is 1. The molecule has 0 radical (unpaired) electrons. The van der Waals surface area contributed by atoms with Crippen molar-refractivity contribution >= 4 is 38.1 Å². The number of halogens is 1. The number of nitrogens with one attached hydrogen (secondary N) is 1. The van der Waals surface area contributed by atoms with Crippen molar-refractivity contribution in [1.29, 1.82) is 0 Å². The zero-order chi connectivity index (χ0) is 15.0. The highest BCUT2D eigenvalue weighted by atomic mass is 35.5. The molecule has 2 aromatic rings. The van der Waals surface area contributed by atoms with Crippen LogP contribution in [0.2, 0.25) is 5.02 Å². The lowest BCUT2D eigenvalue weighted by Gasteiger charge is -2.08. The molecule has 1 heterocycles. The smallest absolute Gasteiger partial charge is 0.265 e. The van der Waals surface area contributed by atoms with Gasteiger partial charge in [0.15, 0.2) is 5.13 Å². The number of rotatable bonds is 5. The van der Waals surface area contributed by atoms with E-state index in [9.17, 15) is 8.42 Å². The summed E-state index contributed by atoms with van der Waals surface area (Å²) in [6.45, 7) is -0.247. The largest absolute Gasteiger partial charge is 0.392 e. The minimum absolute atomic E-state index is 0.0566. The molecule has 0 atom stereocenters. The van der Waals surface area contributed by atoms with E-state index in [-0.39, 0.29) is 16.5 Å². The summed E-state index contributed by atoms with van der Waals surface area (Å²) >= 11 is 7.21. The fourth-order valence-electron chi connectivity index (χ4n) is 1.92. The fraction of sp³-hybridized carbons (Fsp3) is 0.308. The lowest BCUT2D eigenvalue weighted by Crippen LogP contribution is -2.13. The van der Waals surface area contributed by atoms with Gasteiger partial charge in [0.1, 0.15) is 4.90 Å². The molecule has 2 N–H and O–H groups in total. The summed E-state index contributed by atoms with van der Waals surface area (Å²) in [6.07, 6.45) is 2.22. The van der Waals surface area contributed by atoms with Crippen LogP contribution in [0.15, 0.2) is 28.5 Å². The average molecular weight is 345 g/mol. The highest BCUT2D eigenvalue weighted by Crippen LogP contribution is 2.41. The van der Waals surface area contributed by atoms with Gasteiger partial charge < -0.3 is 5.11 Å². The Balaban J connectivity index is 1.88. The van der Waals surface area contributed by atoms with Crippen LogP contribution >= 0.6 is 22.9 Å². The number of aliphatic hydroxyl groups is 1. The SMILES string of the molecule is O=S(=O)(Nc1nc(C2CC2)cs1)c1cc(CO)ccc1Cl. The molecule has 1 saturated carbocycles. The summed E-state index contributed by atoms with van der Waals surface area (Å²) in [4.78, 5) is 4.23. The van der Waals surface area contributed by atoms with E-state index in [4.69, 9.17) is 16.7 Å². The predicted molar refractivity (Wildman–Crippen MR) is 82.3 cm³/mol. The third-order valence-electron chi connectivity index (χ3n) is 3.21. The topological polar surface area (TPSA) is 79.3 Å². The van der Waals surface area contributed by atoms with Crippen molar-refractivity contribution in [3.8, 4) is 0 Å². The van der Waals surface area contributed by atoms with Gasteiger partial charge in [-0.05, 0) is 30.5 Å². The lowest BCUT2D eigenvalue weighted by molar-refractivity contribution is 0.281. The second kappa shape index (κ2) is 5.57. The molecule has 1 aliphatic carbocycles. The van der Waals surface area contributed by atoms with Crippen molar-refractivity contribution in [2.45, 2.75) is 30.3 Å². The minimum atomic E-state index is -3.81. The summed E-state index contributed by atoms with van der Waals surface area (Å²) in [5.41, 5.74) is 1.42. The van der Waals surface area contributed by atoms with E-state index in [2.05, 4.69) is 9.71 Å². The molecule has 0 bridgehead atoms. The molecule has 3 rings (SSSR count). The second-order valence-corrected chi connectivity index (χ2v) is 7.80. The Morgan fingerprint density at radius 3 is 2.86 bits per heavy atom. The van der Waals surface area contributed by atoms with Gasteiger partial charge in [-0.3, -0.25) is 4.72 Å². The molecular formula is C13H13ClN2O3S2. The van der Waals surface area contributed by atoms with Crippen LogP contribution in [0.25, 0.3) is 0 Å². The number of hydrogen-bond donors (Lipinski definition) is 2. The molecule has 0 spiro atoms. The van der Waals surface area contributed by atoms with Gasteiger partial charge in [0.05, 0.1) is 17.3 Å². The van der Waals surface area contributed by atoms with Crippen LogP contribution in [-0.4, -0.2) is 18.5 Å². The van der Waals surface area contributed by atoms with Crippen molar-refractivity contribution < 1.29 is 13.5 Å². The van der Waals surface area contributed by atoms with Crippen LogP contribution in [-0.2, 0) is 16.6 Å². The zero-order valence-corrected chi connectivity index (χ0v) is 13.3. The van der Waals surface area contributed by atoms with Gasteiger partial charge in [-0.2, -0.15) is 0 Å². The summed E-state index contributed by atoms with van der Waals surface area (Å²) in [5, 5.41) is 11.4. The molecule has 0 aliphatic heterocycles. The number of anilines is 1. The molecule has 1 aromatic heterocycles. The normalized spacial score (nSPS) is 15.1. The van der Waals surface area contributed by atoms with Gasteiger partial charge >= 0.3 is 0 Å². The van der Waals surface area contributed by atoms with Crippen molar-refractivity contribution in [1.82, 2.24) is 4.98 Å². The molecule has 21 heavy (non-hydrogen) atoms. The molecule has 0 unspecified atom stereocenters. The first kappa shape index (κ1) is 14.8. The summed E-state index contributed by atoms with van der Waals surface area (Å²) in [7, 11) is -3.81. The number of nitrogens with zero attached hydrogens (tertiary/aromatic N) is 1. The molecule has 0 saturated heterocycles. The Morgan fingerprint density at radius 1 is 1.43 bits per heavy atom. The first-order valence-corrected chi connectivity index (χ1v) is 9.11. The average Bonchev–Trinajstić information content (AvgIpc) is 3.20. The van der Waals surface area contributed by atoms with Gasteiger partial charge in [-0.15, -0.1) is 11.3 Å². The van der Waals surface area contributed by atoms with Gasteiger partial charge in [-0.1, -0.05) is 17.7 Å². The fourth-order valence-corrected chi connectivity index (χ4v) is 4.52. The van der Waals surface area contributed by atoms with E-state index in [1.807, 2.05) is 5.38 Å². The van der Waals surface area contributed by atoms with E-state index in [0.717, 1.165) is 18.5 Å². The van der Waals surface area contributed by atoms with Crippen LogP contribution in [0.5, 0.6) is 0 Å². The zero-order valence-electron chi connectivity index (χ0n) is 10.9. The van der Waals surface area contributed by atoms with E-state index < -0.39 is 10.0 Å². The summed E-state index contributed by atoms with van der Waals surface area (Å²) in [6, 6.07) is 4.40. The Labute approximate surface area is 131 Å².